The van der Waals surface area contributed by atoms with Crippen LogP contribution in [0.4, 0.5) is 5.69 Å². The largest absolute Gasteiger partial charge is 0.355 e. The molecule has 2 amide bonds. The standard InChI is InChI=1S/C25H30ClN3O2S/c1-3-4-14-28(2)15-8-13-27-24(30)18-29-21-11-5-6-12-22(21)32-23(25(29)31)17-19-9-7-10-20(26)16-19/h5-7,9-12,16-17H,3-4,8,13-15,18H2,1-2H3,(H,27,30)/b23-17-. The molecule has 0 spiro atoms. The van der Waals surface area contributed by atoms with E-state index in [9.17, 15) is 9.59 Å². The van der Waals surface area contributed by atoms with Crippen LogP contribution in [0.15, 0.2) is 58.3 Å². The van der Waals surface area contributed by atoms with Gasteiger partial charge in [-0.05, 0) is 68.9 Å². The minimum atomic E-state index is -0.178. The van der Waals surface area contributed by atoms with Gasteiger partial charge < -0.3 is 10.2 Å². The molecule has 1 N–H and O–H groups in total. The Balaban J connectivity index is 1.65. The van der Waals surface area contributed by atoms with Gasteiger partial charge in [0.25, 0.3) is 5.91 Å². The lowest BCUT2D eigenvalue weighted by Gasteiger charge is -2.29. The molecule has 0 atom stereocenters. The van der Waals surface area contributed by atoms with Crippen LogP contribution in [0.1, 0.15) is 31.7 Å². The molecule has 0 unspecified atom stereocenters. The number of para-hydroxylation sites is 1. The number of unbranched alkanes of at least 4 members (excludes halogenated alkanes) is 1. The predicted octanol–water partition coefficient (Wildman–Crippen LogP) is 5.06. The normalized spacial score (nSPS) is 14.7. The van der Waals surface area contributed by atoms with Crippen LogP contribution in [-0.2, 0) is 9.59 Å². The van der Waals surface area contributed by atoms with E-state index in [1.807, 2.05) is 48.5 Å². The molecule has 3 rings (SSSR count). The third-order valence-corrected chi connectivity index (χ3v) is 6.52. The van der Waals surface area contributed by atoms with Crippen LogP contribution in [0.3, 0.4) is 0 Å². The number of nitrogens with one attached hydrogen (secondary N) is 1. The van der Waals surface area contributed by atoms with E-state index in [0.717, 1.165) is 35.7 Å². The lowest BCUT2D eigenvalue weighted by Crippen LogP contribution is -2.43. The van der Waals surface area contributed by atoms with Crippen molar-refractivity contribution in [3.8, 4) is 0 Å². The number of benzene rings is 2. The number of carbonyl (C=O) groups is 2. The third kappa shape index (κ3) is 6.86. The lowest BCUT2D eigenvalue weighted by atomic mass is 10.2. The van der Waals surface area contributed by atoms with Gasteiger partial charge >= 0.3 is 0 Å². The molecule has 32 heavy (non-hydrogen) atoms. The molecule has 170 valence electrons. The van der Waals surface area contributed by atoms with Crippen LogP contribution in [0, 0.1) is 0 Å². The van der Waals surface area contributed by atoms with E-state index in [4.69, 9.17) is 11.6 Å². The maximum atomic E-state index is 13.2. The van der Waals surface area contributed by atoms with E-state index < -0.39 is 0 Å². The molecule has 0 saturated carbocycles. The molecule has 5 nitrogen and oxygen atoms in total. The van der Waals surface area contributed by atoms with Gasteiger partial charge in [0.15, 0.2) is 0 Å². The SMILES string of the molecule is CCCCN(C)CCCNC(=O)CN1C(=O)/C(=C/c2cccc(Cl)c2)Sc2ccccc21. The van der Waals surface area contributed by atoms with Crippen molar-refractivity contribution in [3.05, 3.63) is 64.0 Å². The fourth-order valence-corrected chi connectivity index (χ4v) is 4.74. The first-order valence-corrected chi connectivity index (χ1v) is 12.2. The summed E-state index contributed by atoms with van der Waals surface area (Å²) in [5, 5.41) is 3.58. The Morgan fingerprint density at radius 2 is 1.94 bits per heavy atom. The van der Waals surface area contributed by atoms with Crippen LogP contribution in [0.2, 0.25) is 5.02 Å². The molecular formula is C25H30ClN3O2S. The molecule has 1 aliphatic rings. The number of thioether (sulfide) groups is 1. The summed E-state index contributed by atoms with van der Waals surface area (Å²) in [5.41, 5.74) is 1.62. The van der Waals surface area contributed by atoms with Gasteiger partial charge in [0.1, 0.15) is 6.54 Å². The molecule has 1 heterocycles. The first-order chi connectivity index (χ1) is 15.5. The van der Waals surface area contributed by atoms with Crippen molar-refractivity contribution < 1.29 is 9.59 Å². The highest BCUT2D eigenvalue weighted by atomic mass is 35.5. The maximum Gasteiger partial charge on any atom is 0.265 e. The van der Waals surface area contributed by atoms with Gasteiger partial charge in [-0.1, -0.05) is 61.0 Å². The van der Waals surface area contributed by atoms with Gasteiger partial charge in [0.2, 0.25) is 5.91 Å². The number of anilines is 1. The Bertz CT molecular complexity index is 979. The van der Waals surface area contributed by atoms with Crippen LogP contribution in [0.25, 0.3) is 6.08 Å². The summed E-state index contributed by atoms with van der Waals surface area (Å²) in [6.45, 7) is 4.79. The second-order valence-electron chi connectivity index (χ2n) is 7.89. The van der Waals surface area contributed by atoms with Crippen LogP contribution in [-0.4, -0.2) is 49.9 Å². The van der Waals surface area contributed by atoms with E-state index >= 15 is 0 Å². The molecular weight excluding hydrogens is 442 g/mol. The van der Waals surface area contributed by atoms with Crippen molar-refractivity contribution in [2.24, 2.45) is 0 Å². The molecule has 0 saturated heterocycles. The highest BCUT2D eigenvalue weighted by molar-refractivity contribution is 8.04. The molecule has 0 radical (unpaired) electrons. The number of fused-ring (bicyclic) bond motifs is 1. The molecule has 2 aromatic rings. The van der Waals surface area contributed by atoms with Crippen molar-refractivity contribution >= 4 is 46.9 Å². The zero-order valence-electron chi connectivity index (χ0n) is 18.6. The van der Waals surface area contributed by atoms with E-state index in [2.05, 4.69) is 24.2 Å². The highest BCUT2D eigenvalue weighted by Gasteiger charge is 2.30. The summed E-state index contributed by atoms with van der Waals surface area (Å²) in [6.07, 6.45) is 5.07. The topological polar surface area (TPSA) is 52.7 Å². The van der Waals surface area contributed by atoms with Crippen molar-refractivity contribution in [2.45, 2.75) is 31.1 Å². The molecule has 7 heteroatoms. The number of nitrogens with zero attached hydrogens (tertiary/aromatic N) is 2. The Morgan fingerprint density at radius 3 is 2.72 bits per heavy atom. The molecule has 0 aliphatic carbocycles. The highest BCUT2D eigenvalue weighted by Crippen LogP contribution is 2.41. The molecule has 0 bridgehead atoms. The fourth-order valence-electron chi connectivity index (χ4n) is 3.48. The minimum Gasteiger partial charge on any atom is -0.355 e. The number of carbonyl (C=O) groups excluding carboxylic acids is 2. The van der Waals surface area contributed by atoms with E-state index in [-0.39, 0.29) is 18.4 Å². The molecule has 1 aliphatic heterocycles. The van der Waals surface area contributed by atoms with Gasteiger partial charge in [-0.25, -0.2) is 0 Å². The van der Waals surface area contributed by atoms with Crippen LogP contribution < -0.4 is 10.2 Å². The van der Waals surface area contributed by atoms with Crippen LogP contribution >= 0.6 is 23.4 Å². The average Bonchev–Trinajstić information content (AvgIpc) is 2.78. The second kappa shape index (κ2) is 12.1. The maximum absolute atomic E-state index is 13.2. The molecule has 2 aromatic carbocycles. The van der Waals surface area contributed by atoms with E-state index in [1.54, 1.807) is 11.0 Å². The Hall–Kier alpha value is -2.28. The first-order valence-electron chi connectivity index (χ1n) is 11.0. The smallest absolute Gasteiger partial charge is 0.265 e. The summed E-state index contributed by atoms with van der Waals surface area (Å²) in [5.74, 6) is -0.332. The van der Waals surface area contributed by atoms with Gasteiger partial charge in [-0.2, -0.15) is 0 Å². The fraction of sp³-hybridized carbons (Fsp3) is 0.360. The van der Waals surface area contributed by atoms with Gasteiger partial charge in [0.05, 0.1) is 10.6 Å². The summed E-state index contributed by atoms with van der Waals surface area (Å²) in [6, 6.07) is 15.0. The Morgan fingerprint density at radius 1 is 1.16 bits per heavy atom. The number of rotatable bonds is 10. The van der Waals surface area contributed by atoms with E-state index in [0.29, 0.717) is 16.5 Å². The summed E-state index contributed by atoms with van der Waals surface area (Å²) >= 11 is 7.51. The molecule has 0 aromatic heterocycles. The van der Waals surface area contributed by atoms with E-state index in [1.165, 1.54) is 24.6 Å². The van der Waals surface area contributed by atoms with Gasteiger partial charge in [-0.15, -0.1) is 0 Å². The third-order valence-electron chi connectivity index (χ3n) is 5.21. The number of hydrogen-bond donors (Lipinski definition) is 1. The summed E-state index contributed by atoms with van der Waals surface area (Å²) in [4.78, 5) is 31.2. The first kappa shape index (κ1) is 24.4. The molecule has 0 fully saturated rings. The van der Waals surface area contributed by atoms with Crippen molar-refractivity contribution in [1.82, 2.24) is 10.2 Å². The predicted molar refractivity (Wildman–Crippen MR) is 134 cm³/mol. The number of halogens is 1. The second-order valence-corrected chi connectivity index (χ2v) is 9.41. The number of amides is 2. The monoisotopic (exact) mass is 471 g/mol. The van der Waals surface area contributed by atoms with Crippen molar-refractivity contribution in [3.63, 3.8) is 0 Å². The quantitative estimate of drug-likeness (QED) is 0.389. The van der Waals surface area contributed by atoms with Crippen LogP contribution in [0.5, 0.6) is 0 Å². The Labute approximate surface area is 199 Å². The zero-order valence-corrected chi connectivity index (χ0v) is 20.2. The summed E-state index contributed by atoms with van der Waals surface area (Å²) < 4.78 is 0. The van der Waals surface area contributed by atoms with Crippen molar-refractivity contribution in [2.75, 3.05) is 38.1 Å². The summed E-state index contributed by atoms with van der Waals surface area (Å²) in [7, 11) is 2.10. The minimum absolute atomic E-state index is 0.00499. The van der Waals surface area contributed by atoms with Gasteiger partial charge in [-0.3, -0.25) is 14.5 Å². The number of hydrogen-bond acceptors (Lipinski definition) is 4. The zero-order chi connectivity index (χ0) is 22.9. The average molecular weight is 472 g/mol. The van der Waals surface area contributed by atoms with Gasteiger partial charge in [0, 0.05) is 16.5 Å². The van der Waals surface area contributed by atoms with Crippen molar-refractivity contribution in [1.29, 1.82) is 0 Å². The lowest BCUT2D eigenvalue weighted by molar-refractivity contribution is -0.122. The Kier molecular flexibility index (Phi) is 9.21.